The summed E-state index contributed by atoms with van der Waals surface area (Å²) in [6, 6.07) is 3.78. The van der Waals surface area contributed by atoms with Gasteiger partial charge in [-0.2, -0.15) is 0 Å². The summed E-state index contributed by atoms with van der Waals surface area (Å²) >= 11 is 0. The molecule has 0 N–H and O–H groups in total. The van der Waals surface area contributed by atoms with Gasteiger partial charge in [-0.25, -0.2) is 9.86 Å². The van der Waals surface area contributed by atoms with Crippen molar-refractivity contribution in [3.63, 3.8) is 0 Å². The molecule has 0 radical (unpaired) electrons. The van der Waals surface area contributed by atoms with Gasteiger partial charge in [0, 0.05) is 19.4 Å². The number of fused-ring (bicyclic) bond motifs is 1. The SMILES string of the molecule is CN(OC(=O)C(C)(C)C)c1cnc2cc([Si](F)(C(C)(C)C)C(C)(C)C)n(C)c2c1. The lowest BCUT2D eigenvalue weighted by molar-refractivity contribution is -0.153. The molecule has 7 heteroatoms. The molecule has 0 aliphatic rings. The first-order valence-corrected chi connectivity index (χ1v) is 11.9. The van der Waals surface area contributed by atoms with E-state index in [-0.39, 0.29) is 5.97 Å². The van der Waals surface area contributed by atoms with Crippen molar-refractivity contribution in [1.29, 1.82) is 0 Å². The van der Waals surface area contributed by atoms with Gasteiger partial charge in [-0.3, -0.25) is 4.98 Å². The molecule has 0 saturated heterocycles. The van der Waals surface area contributed by atoms with Gasteiger partial charge in [0.25, 0.3) is 0 Å². The molecule has 0 aromatic carbocycles. The lowest BCUT2D eigenvalue weighted by atomic mass is 9.98. The Kier molecular flexibility index (Phi) is 5.73. The number of hydrogen-bond donors (Lipinski definition) is 0. The Morgan fingerprint density at radius 1 is 1.07 bits per heavy atom. The van der Waals surface area contributed by atoms with Crippen LogP contribution < -0.4 is 10.4 Å². The average molecular weight is 422 g/mol. The van der Waals surface area contributed by atoms with Gasteiger partial charge in [0.05, 0.1) is 28.3 Å². The van der Waals surface area contributed by atoms with E-state index in [0.29, 0.717) is 5.69 Å². The molecule has 0 amide bonds. The largest absolute Gasteiger partial charge is 0.347 e. The number of nitrogens with zero attached hydrogens (tertiary/aromatic N) is 3. The quantitative estimate of drug-likeness (QED) is 0.386. The van der Waals surface area contributed by atoms with Crippen molar-refractivity contribution >= 4 is 36.4 Å². The lowest BCUT2D eigenvalue weighted by Crippen LogP contribution is -2.60. The van der Waals surface area contributed by atoms with Crippen LogP contribution in [0.15, 0.2) is 18.3 Å². The first-order valence-electron chi connectivity index (χ1n) is 10.0. The highest BCUT2D eigenvalue weighted by Crippen LogP contribution is 2.51. The van der Waals surface area contributed by atoms with Gasteiger partial charge in [0.2, 0.25) is 0 Å². The van der Waals surface area contributed by atoms with Gasteiger partial charge in [-0.15, -0.1) is 0 Å². The van der Waals surface area contributed by atoms with Crippen molar-refractivity contribution in [1.82, 2.24) is 9.55 Å². The number of hydrogen-bond acceptors (Lipinski definition) is 4. The minimum atomic E-state index is -3.43. The van der Waals surface area contributed by atoms with Crippen LogP contribution >= 0.6 is 0 Å². The van der Waals surface area contributed by atoms with E-state index in [1.165, 1.54) is 5.06 Å². The Balaban J connectivity index is 2.57. The molecule has 2 aromatic rings. The number of hydroxylamine groups is 1. The Labute approximate surface area is 175 Å². The first-order chi connectivity index (χ1) is 12.9. The molecule has 0 aliphatic carbocycles. The summed E-state index contributed by atoms with van der Waals surface area (Å²) < 4.78 is 18.7. The van der Waals surface area contributed by atoms with Crippen LogP contribution in [0.4, 0.5) is 9.80 Å². The average Bonchev–Trinajstić information content (AvgIpc) is 2.87. The van der Waals surface area contributed by atoms with Gasteiger partial charge in [0.15, 0.2) is 0 Å². The van der Waals surface area contributed by atoms with E-state index in [2.05, 4.69) is 4.98 Å². The van der Waals surface area contributed by atoms with Crippen LogP contribution in [0.1, 0.15) is 62.3 Å². The fourth-order valence-corrected chi connectivity index (χ4v) is 8.60. The van der Waals surface area contributed by atoms with Crippen molar-refractivity contribution in [3.8, 4) is 0 Å². The minimum absolute atomic E-state index is 0.330. The van der Waals surface area contributed by atoms with Crippen molar-refractivity contribution in [3.05, 3.63) is 18.3 Å². The summed E-state index contributed by atoms with van der Waals surface area (Å²) in [4.78, 5) is 22.2. The third-order valence-electron chi connectivity index (χ3n) is 5.49. The monoisotopic (exact) mass is 421 g/mol. The van der Waals surface area contributed by atoms with Crippen LogP contribution in [0.5, 0.6) is 0 Å². The van der Waals surface area contributed by atoms with Crippen molar-refractivity contribution in [2.45, 2.75) is 72.4 Å². The van der Waals surface area contributed by atoms with Crippen molar-refractivity contribution in [2.24, 2.45) is 12.5 Å². The molecule has 162 valence electrons. The molecule has 0 aliphatic heterocycles. The highest BCUT2D eigenvalue weighted by molar-refractivity contribution is 6.90. The van der Waals surface area contributed by atoms with E-state index in [0.717, 1.165) is 16.4 Å². The molecular weight excluding hydrogens is 385 g/mol. The molecule has 0 unspecified atom stereocenters. The second-order valence-electron chi connectivity index (χ2n) is 11.0. The van der Waals surface area contributed by atoms with Crippen LogP contribution in [0.2, 0.25) is 10.1 Å². The maximum atomic E-state index is 16.8. The molecule has 0 saturated carbocycles. The van der Waals surface area contributed by atoms with E-state index in [4.69, 9.17) is 4.84 Å². The van der Waals surface area contributed by atoms with Gasteiger partial charge in [-0.1, -0.05) is 41.5 Å². The van der Waals surface area contributed by atoms with Crippen molar-refractivity contribution < 1.29 is 13.7 Å². The molecule has 0 spiro atoms. The van der Waals surface area contributed by atoms with Crippen LogP contribution in [-0.2, 0) is 16.7 Å². The van der Waals surface area contributed by atoms with Crippen molar-refractivity contribution in [2.75, 3.05) is 12.1 Å². The lowest BCUT2D eigenvalue weighted by Gasteiger charge is -2.44. The van der Waals surface area contributed by atoms with Gasteiger partial charge in [-0.05, 0) is 43.0 Å². The Hall–Kier alpha value is -1.89. The zero-order valence-corrected chi connectivity index (χ0v) is 20.8. The molecule has 0 atom stereocenters. The number of anilines is 1. The normalized spacial score (nSPS) is 13.7. The van der Waals surface area contributed by atoms with E-state index in [1.807, 2.05) is 65.3 Å². The maximum absolute atomic E-state index is 16.8. The van der Waals surface area contributed by atoms with E-state index < -0.39 is 23.9 Å². The molecular formula is C22H36FN3O2Si. The molecule has 5 nitrogen and oxygen atoms in total. The molecule has 29 heavy (non-hydrogen) atoms. The Morgan fingerprint density at radius 3 is 2.03 bits per heavy atom. The summed E-state index contributed by atoms with van der Waals surface area (Å²) in [6.45, 7) is 17.3. The van der Waals surface area contributed by atoms with E-state index in [9.17, 15) is 4.79 Å². The number of rotatable bonds is 3. The van der Waals surface area contributed by atoms with E-state index >= 15 is 4.11 Å². The van der Waals surface area contributed by atoms with Crippen LogP contribution in [0, 0.1) is 5.41 Å². The van der Waals surface area contributed by atoms with Crippen LogP contribution in [0.25, 0.3) is 11.0 Å². The fraction of sp³-hybridized carbons (Fsp3) is 0.636. The zero-order chi connectivity index (χ0) is 22.6. The fourth-order valence-electron chi connectivity index (χ4n) is 3.90. The molecule has 2 rings (SSSR count). The topological polar surface area (TPSA) is 47.4 Å². The predicted octanol–water partition coefficient (Wildman–Crippen LogP) is 5.24. The van der Waals surface area contributed by atoms with Crippen LogP contribution in [-0.4, -0.2) is 31.0 Å². The second-order valence-corrected chi connectivity index (χ2v) is 15.8. The molecule has 2 heterocycles. The van der Waals surface area contributed by atoms with Crippen LogP contribution in [0.3, 0.4) is 0 Å². The molecule has 2 aromatic heterocycles. The third-order valence-corrected chi connectivity index (χ3v) is 10.8. The molecule has 0 fully saturated rings. The third kappa shape index (κ3) is 4.06. The second kappa shape index (κ2) is 7.11. The zero-order valence-electron chi connectivity index (χ0n) is 19.8. The highest BCUT2D eigenvalue weighted by Gasteiger charge is 2.58. The molecule has 0 bridgehead atoms. The van der Waals surface area contributed by atoms with Gasteiger partial charge in [0.1, 0.15) is 0 Å². The summed E-state index contributed by atoms with van der Waals surface area (Å²) in [5.74, 6) is -0.330. The predicted molar refractivity (Wildman–Crippen MR) is 121 cm³/mol. The summed E-state index contributed by atoms with van der Waals surface area (Å²) in [5.41, 5.74) is 1.59. The number of pyridine rings is 1. The summed E-state index contributed by atoms with van der Waals surface area (Å²) in [6.07, 6.45) is 1.65. The maximum Gasteiger partial charge on any atom is 0.337 e. The van der Waals surface area contributed by atoms with Gasteiger partial charge >= 0.3 is 14.4 Å². The highest BCUT2D eigenvalue weighted by atomic mass is 28.4. The standard InChI is InChI=1S/C22H36FN3O2Si/c1-20(2,3)19(27)28-26(11)15-12-17-16(24-14-15)13-18(25(17)10)29(23,21(4,5)6)22(7,8)9/h12-14H,1-11H3. The first kappa shape index (κ1) is 23.4. The number of aromatic nitrogens is 2. The number of halogens is 1. The number of aryl methyl sites for hydroxylation is 1. The van der Waals surface area contributed by atoms with Gasteiger partial charge < -0.3 is 13.5 Å². The smallest absolute Gasteiger partial charge is 0.337 e. The Bertz CT molecular complexity index is 903. The Morgan fingerprint density at radius 2 is 1.59 bits per heavy atom. The summed E-state index contributed by atoms with van der Waals surface area (Å²) in [5, 5.41) is 1.19. The van der Waals surface area contributed by atoms with E-state index in [1.54, 1.807) is 34.0 Å². The number of carbonyl (C=O) groups excluding carboxylic acids is 1. The summed E-state index contributed by atoms with van der Waals surface area (Å²) in [7, 11) is 0.139. The minimum Gasteiger partial charge on any atom is -0.347 e. The number of carbonyl (C=O) groups is 1.